The molecule has 30 heavy (non-hydrogen) atoms. The molecule has 8 nitrogen and oxygen atoms in total. The first-order valence-corrected chi connectivity index (χ1v) is 11.2. The number of nitrogens with zero attached hydrogens (tertiary/aromatic N) is 7. The molecular weight excluding hydrogens is 396 g/mol. The van der Waals surface area contributed by atoms with E-state index in [1.165, 1.54) is 17.1 Å². The summed E-state index contributed by atoms with van der Waals surface area (Å²) >= 11 is 1.50. The molecule has 0 amide bonds. The third kappa shape index (κ3) is 4.62. The van der Waals surface area contributed by atoms with Gasteiger partial charge in [-0.05, 0) is 18.6 Å². The van der Waals surface area contributed by atoms with Crippen molar-refractivity contribution in [1.29, 1.82) is 0 Å². The minimum absolute atomic E-state index is 0.618. The molecule has 158 valence electrons. The van der Waals surface area contributed by atoms with E-state index >= 15 is 0 Å². The second kappa shape index (κ2) is 9.71. The standard InChI is InChI=1S/C21H28N8S/c1-3-19-25-21(30-26-19)28-13-11-27(12-14-28)20(23-4-2)24-15-17-7-5-6-8-18(17)29-10-9-22-16-29/h5-10,16H,3-4,11-15H2,1-2H3,(H,23,24). The maximum atomic E-state index is 4.95. The van der Waals surface area contributed by atoms with E-state index in [0.717, 1.165) is 61.7 Å². The first kappa shape index (κ1) is 20.3. The minimum atomic E-state index is 0.618. The molecule has 1 aromatic carbocycles. The van der Waals surface area contributed by atoms with Gasteiger partial charge in [0.05, 0.1) is 18.6 Å². The number of imidazole rings is 1. The summed E-state index contributed by atoms with van der Waals surface area (Å²) in [6, 6.07) is 8.33. The summed E-state index contributed by atoms with van der Waals surface area (Å²) in [6.07, 6.45) is 6.47. The van der Waals surface area contributed by atoms with Gasteiger partial charge in [-0.3, -0.25) is 0 Å². The van der Waals surface area contributed by atoms with Crippen molar-refractivity contribution in [2.75, 3.05) is 37.6 Å². The lowest BCUT2D eigenvalue weighted by Gasteiger charge is -2.36. The van der Waals surface area contributed by atoms with Crippen LogP contribution in [0, 0.1) is 0 Å². The molecule has 3 heterocycles. The number of benzene rings is 1. The molecular formula is C21H28N8S. The maximum Gasteiger partial charge on any atom is 0.205 e. The molecule has 1 fully saturated rings. The van der Waals surface area contributed by atoms with E-state index in [1.807, 2.05) is 23.2 Å². The molecule has 0 aliphatic carbocycles. The summed E-state index contributed by atoms with van der Waals surface area (Å²) in [7, 11) is 0. The summed E-state index contributed by atoms with van der Waals surface area (Å²) < 4.78 is 6.45. The number of hydrogen-bond donors (Lipinski definition) is 1. The Morgan fingerprint density at radius 2 is 2.00 bits per heavy atom. The number of aromatic nitrogens is 4. The van der Waals surface area contributed by atoms with Crippen molar-refractivity contribution in [2.24, 2.45) is 4.99 Å². The van der Waals surface area contributed by atoms with Crippen LogP contribution in [-0.2, 0) is 13.0 Å². The number of guanidine groups is 1. The predicted molar refractivity (Wildman–Crippen MR) is 121 cm³/mol. The van der Waals surface area contributed by atoms with Gasteiger partial charge in [0.25, 0.3) is 0 Å². The Morgan fingerprint density at radius 3 is 2.70 bits per heavy atom. The Labute approximate surface area is 181 Å². The van der Waals surface area contributed by atoms with Crippen LogP contribution in [0.2, 0.25) is 0 Å². The summed E-state index contributed by atoms with van der Waals surface area (Å²) in [5.41, 5.74) is 2.29. The van der Waals surface area contributed by atoms with Crippen LogP contribution < -0.4 is 10.2 Å². The molecule has 0 bridgehead atoms. The normalized spacial score (nSPS) is 14.9. The van der Waals surface area contributed by atoms with Crippen LogP contribution in [0.5, 0.6) is 0 Å². The van der Waals surface area contributed by atoms with Gasteiger partial charge in [0, 0.05) is 63.1 Å². The van der Waals surface area contributed by atoms with Crippen molar-refractivity contribution in [2.45, 2.75) is 26.8 Å². The molecule has 3 aromatic rings. The van der Waals surface area contributed by atoms with Gasteiger partial charge >= 0.3 is 0 Å². The highest BCUT2D eigenvalue weighted by Crippen LogP contribution is 2.20. The largest absolute Gasteiger partial charge is 0.357 e. The van der Waals surface area contributed by atoms with E-state index < -0.39 is 0 Å². The lowest BCUT2D eigenvalue weighted by Crippen LogP contribution is -2.52. The van der Waals surface area contributed by atoms with Crippen LogP contribution in [0.25, 0.3) is 5.69 Å². The van der Waals surface area contributed by atoms with Gasteiger partial charge in [-0.15, -0.1) is 0 Å². The zero-order valence-corrected chi connectivity index (χ0v) is 18.3. The Kier molecular flexibility index (Phi) is 6.58. The average Bonchev–Trinajstić information content (AvgIpc) is 3.49. The van der Waals surface area contributed by atoms with Gasteiger partial charge in [-0.25, -0.2) is 15.0 Å². The Balaban J connectivity index is 1.44. The molecule has 9 heteroatoms. The molecule has 1 aliphatic rings. The molecule has 2 aromatic heterocycles. The molecule has 0 atom stereocenters. The quantitative estimate of drug-likeness (QED) is 0.484. The third-order valence-electron chi connectivity index (χ3n) is 5.13. The van der Waals surface area contributed by atoms with Gasteiger partial charge in [-0.2, -0.15) is 4.37 Å². The minimum Gasteiger partial charge on any atom is -0.357 e. The number of nitrogens with one attached hydrogen (secondary N) is 1. The molecule has 4 rings (SSSR count). The predicted octanol–water partition coefficient (Wildman–Crippen LogP) is 2.57. The average molecular weight is 425 g/mol. The highest BCUT2D eigenvalue weighted by Gasteiger charge is 2.22. The van der Waals surface area contributed by atoms with Crippen molar-refractivity contribution in [3.63, 3.8) is 0 Å². The number of piperazine rings is 1. The molecule has 1 N–H and O–H groups in total. The molecule has 0 unspecified atom stereocenters. The van der Waals surface area contributed by atoms with Crippen LogP contribution in [0.4, 0.5) is 5.13 Å². The number of rotatable bonds is 6. The second-order valence-corrected chi connectivity index (χ2v) is 7.82. The molecule has 0 spiro atoms. The number of hydrogen-bond acceptors (Lipinski definition) is 6. The van der Waals surface area contributed by atoms with Gasteiger partial charge in [0.2, 0.25) is 5.13 Å². The Bertz CT molecular complexity index is 957. The van der Waals surface area contributed by atoms with Gasteiger partial charge in [0.15, 0.2) is 5.96 Å². The first-order chi connectivity index (χ1) is 14.8. The smallest absolute Gasteiger partial charge is 0.205 e. The molecule has 1 saturated heterocycles. The van der Waals surface area contributed by atoms with Crippen LogP contribution in [0.1, 0.15) is 25.2 Å². The lowest BCUT2D eigenvalue weighted by atomic mass is 10.2. The zero-order valence-electron chi connectivity index (χ0n) is 17.5. The van der Waals surface area contributed by atoms with E-state index in [9.17, 15) is 0 Å². The van der Waals surface area contributed by atoms with Gasteiger partial charge in [-0.1, -0.05) is 25.1 Å². The van der Waals surface area contributed by atoms with Crippen LogP contribution in [0.3, 0.4) is 0 Å². The SMILES string of the molecule is CCNC(=NCc1ccccc1-n1ccnc1)N1CCN(c2nc(CC)ns2)CC1. The van der Waals surface area contributed by atoms with E-state index in [1.54, 1.807) is 6.20 Å². The lowest BCUT2D eigenvalue weighted by molar-refractivity contribution is 0.372. The van der Waals surface area contributed by atoms with E-state index in [2.05, 4.69) is 61.5 Å². The fraction of sp³-hybridized carbons (Fsp3) is 0.429. The monoisotopic (exact) mass is 424 g/mol. The van der Waals surface area contributed by atoms with Crippen LogP contribution in [-0.4, -0.2) is 62.5 Å². The first-order valence-electron chi connectivity index (χ1n) is 10.5. The third-order valence-corrected chi connectivity index (χ3v) is 5.95. The summed E-state index contributed by atoms with van der Waals surface area (Å²) in [5, 5.41) is 4.49. The van der Waals surface area contributed by atoms with Crippen molar-refractivity contribution in [3.8, 4) is 5.69 Å². The van der Waals surface area contributed by atoms with Crippen LogP contribution in [0.15, 0.2) is 48.0 Å². The van der Waals surface area contributed by atoms with E-state index in [0.29, 0.717) is 6.54 Å². The summed E-state index contributed by atoms with van der Waals surface area (Å²) in [4.78, 5) is 18.4. The number of aliphatic imine (C=N–C) groups is 1. The highest BCUT2D eigenvalue weighted by molar-refractivity contribution is 7.09. The fourth-order valence-electron chi connectivity index (χ4n) is 3.51. The van der Waals surface area contributed by atoms with Crippen LogP contribution >= 0.6 is 11.5 Å². The maximum absolute atomic E-state index is 4.95. The Morgan fingerprint density at radius 1 is 1.17 bits per heavy atom. The number of anilines is 1. The van der Waals surface area contributed by atoms with E-state index in [-0.39, 0.29) is 0 Å². The number of para-hydroxylation sites is 1. The summed E-state index contributed by atoms with van der Waals surface area (Å²) in [5.74, 6) is 1.90. The van der Waals surface area contributed by atoms with E-state index in [4.69, 9.17) is 4.99 Å². The van der Waals surface area contributed by atoms with Crippen molar-refractivity contribution >= 4 is 22.6 Å². The number of aryl methyl sites for hydroxylation is 1. The highest BCUT2D eigenvalue weighted by atomic mass is 32.1. The molecule has 0 radical (unpaired) electrons. The zero-order chi connectivity index (χ0) is 20.8. The second-order valence-electron chi connectivity index (χ2n) is 7.09. The summed E-state index contributed by atoms with van der Waals surface area (Å²) in [6.45, 7) is 9.34. The Hall–Kier alpha value is -2.94. The molecule has 0 saturated carbocycles. The van der Waals surface area contributed by atoms with Gasteiger partial charge < -0.3 is 19.7 Å². The van der Waals surface area contributed by atoms with Crippen molar-refractivity contribution in [1.82, 2.24) is 29.1 Å². The topological polar surface area (TPSA) is 74.5 Å². The van der Waals surface area contributed by atoms with Crippen molar-refractivity contribution < 1.29 is 0 Å². The fourth-order valence-corrected chi connectivity index (χ4v) is 4.31. The van der Waals surface area contributed by atoms with Crippen molar-refractivity contribution in [3.05, 3.63) is 54.4 Å². The molecule has 1 aliphatic heterocycles. The van der Waals surface area contributed by atoms with Gasteiger partial charge in [0.1, 0.15) is 5.82 Å².